The SMILES string of the molecule is CCc1c(C)sc(NC(=O)COc2ccccc2C(C)(C)C)c1C(N)=O. The van der Waals surface area contributed by atoms with Gasteiger partial charge in [0.15, 0.2) is 6.61 Å². The van der Waals surface area contributed by atoms with E-state index >= 15 is 0 Å². The number of thiophene rings is 1. The molecule has 0 atom stereocenters. The largest absolute Gasteiger partial charge is 0.483 e. The zero-order valence-electron chi connectivity index (χ0n) is 15.9. The van der Waals surface area contributed by atoms with Gasteiger partial charge in [-0.25, -0.2) is 0 Å². The number of para-hydroxylation sites is 1. The number of primary amides is 1. The number of hydrogen-bond donors (Lipinski definition) is 2. The Bertz CT molecular complexity index is 819. The number of carbonyl (C=O) groups is 2. The zero-order valence-corrected chi connectivity index (χ0v) is 16.8. The lowest BCUT2D eigenvalue weighted by molar-refractivity contribution is -0.118. The van der Waals surface area contributed by atoms with Crippen LogP contribution in [0.3, 0.4) is 0 Å². The van der Waals surface area contributed by atoms with E-state index in [9.17, 15) is 9.59 Å². The molecular formula is C20H26N2O3S. The maximum absolute atomic E-state index is 12.3. The molecule has 26 heavy (non-hydrogen) atoms. The summed E-state index contributed by atoms with van der Waals surface area (Å²) in [6.07, 6.45) is 0.686. The molecule has 0 saturated heterocycles. The van der Waals surface area contributed by atoms with E-state index in [2.05, 4.69) is 26.1 Å². The van der Waals surface area contributed by atoms with E-state index in [1.807, 2.05) is 38.1 Å². The second-order valence-corrected chi connectivity index (χ2v) is 8.37. The van der Waals surface area contributed by atoms with Gasteiger partial charge >= 0.3 is 0 Å². The van der Waals surface area contributed by atoms with E-state index in [0.29, 0.717) is 22.7 Å². The second-order valence-electron chi connectivity index (χ2n) is 7.14. The van der Waals surface area contributed by atoms with Crippen LogP contribution in [0, 0.1) is 6.92 Å². The number of ether oxygens (including phenoxy) is 1. The Kier molecular flexibility index (Phi) is 6.08. The average Bonchev–Trinajstić information content (AvgIpc) is 2.87. The van der Waals surface area contributed by atoms with Crippen LogP contribution >= 0.6 is 11.3 Å². The van der Waals surface area contributed by atoms with Crippen LogP contribution in [0.1, 0.15) is 54.1 Å². The van der Waals surface area contributed by atoms with E-state index in [1.165, 1.54) is 11.3 Å². The lowest BCUT2D eigenvalue weighted by atomic mass is 9.86. The molecule has 2 aromatic rings. The van der Waals surface area contributed by atoms with Crippen molar-refractivity contribution in [2.45, 2.75) is 46.5 Å². The molecule has 2 rings (SSSR count). The Hall–Kier alpha value is -2.34. The smallest absolute Gasteiger partial charge is 0.262 e. The fourth-order valence-corrected chi connectivity index (χ4v) is 4.04. The maximum Gasteiger partial charge on any atom is 0.262 e. The molecule has 0 aliphatic carbocycles. The predicted octanol–water partition coefficient (Wildman–Crippen LogP) is 4.03. The number of benzene rings is 1. The quantitative estimate of drug-likeness (QED) is 0.801. The number of aryl methyl sites for hydroxylation is 1. The minimum atomic E-state index is -0.527. The first-order valence-electron chi connectivity index (χ1n) is 8.59. The summed E-state index contributed by atoms with van der Waals surface area (Å²) in [6.45, 7) is 10.0. The van der Waals surface area contributed by atoms with Gasteiger partial charge in [-0.3, -0.25) is 9.59 Å². The van der Waals surface area contributed by atoms with Crippen LogP contribution in [0.4, 0.5) is 5.00 Å². The molecule has 140 valence electrons. The van der Waals surface area contributed by atoms with Gasteiger partial charge in [0.25, 0.3) is 11.8 Å². The van der Waals surface area contributed by atoms with Crippen molar-refractivity contribution < 1.29 is 14.3 Å². The molecule has 1 heterocycles. The molecular weight excluding hydrogens is 348 g/mol. The maximum atomic E-state index is 12.3. The Labute approximate surface area is 158 Å². The van der Waals surface area contributed by atoms with Crippen LogP contribution in [-0.4, -0.2) is 18.4 Å². The van der Waals surface area contributed by atoms with E-state index in [1.54, 1.807) is 0 Å². The minimum absolute atomic E-state index is 0.0902. The van der Waals surface area contributed by atoms with Crippen molar-refractivity contribution >= 4 is 28.2 Å². The molecule has 3 N–H and O–H groups in total. The van der Waals surface area contributed by atoms with Crippen molar-refractivity contribution in [2.75, 3.05) is 11.9 Å². The molecule has 0 radical (unpaired) electrons. The van der Waals surface area contributed by atoms with E-state index in [-0.39, 0.29) is 17.9 Å². The van der Waals surface area contributed by atoms with E-state index in [0.717, 1.165) is 16.0 Å². The third kappa shape index (κ3) is 4.43. The van der Waals surface area contributed by atoms with Gasteiger partial charge in [-0.2, -0.15) is 0 Å². The lowest BCUT2D eigenvalue weighted by Gasteiger charge is -2.22. The van der Waals surface area contributed by atoms with E-state index < -0.39 is 5.91 Å². The van der Waals surface area contributed by atoms with Crippen LogP contribution in [-0.2, 0) is 16.6 Å². The molecule has 0 unspecified atom stereocenters. The summed E-state index contributed by atoms with van der Waals surface area (Å²) in [5.74, 6) is -0.164. The Morgan fingerprint density at radius 2 is 1.88 bits per heavy atom. The summed E-state index contributed by atoms with van der Waals surface area (Å²) < 4.78 is 5.74. The van der Waals surface area contributed by atoms with Gasteiger partial charge in [-0.15, -0.1) is 11.3 Å². The number of nitrogens with two attached hydrogens (primary N) is 1. The Morgan fingerprint density at radius 1 is 1.23 bits per heavy atom. The highest BCUT2D eigenvalue weighted by molar-refractivity contribution is 7.16. The van der Waals surface area contributed by atoms with Gasteiger partial charge in [-0.1, -0.05) is 45.9 Å². The Morgan fingerprint density at radius 3 is 2.46 bits per heavy atom. The zero-order chi connectivity index (χ0) is 19.5. The standard InChI is InChI=1S/C20H26N2O3S/c1-6-13-12(2)26-19(17(13)18(21)24)22-16(23)11-25-15-10-8-7-9-14(15)20(3,4)5/h7-10H,6,11H2,1-5H3,(H2,21,24)(H,22,23). The molecule has 0 spiro atoms. The summed E-state index contributed by atoms with van der Waals surface area (Å²) in [5.41, 5.74) is 7.73. The molecule has 1 aromatic carbocycles. The molecule has 5 nitrogen and oxygen atoms in total. The van der Waals surface area contributed by atoms with Crippen molar-refractivity contribution in [1.82, 2.24) is 0 Å². The average molecular weight is 375 g/mol. The predicted molar refractivity (Wildman–Crippen MR) is 106 cm³/mol. The highest BCUT2D eigenvalue weighted by Gasteiger charge is 2.22. The van der Waals surface area contributed by atoms with E-state index in [4.69, 9.17) is 10.5 Å². The summed E-state index contributed by atoms with van der Waals surface area (Å²) in [4.78, 5) is 25.1. The summed E-state index contributed by atoms with van der Waals surface area (Å²) in [5, 5.41) is 3.26. The third-order valence-electron chi connectivity index (χ3n) is 4.12. The van der Waals surface area contributed by atoms with Crippen LogP contribution in [0.25, 0.3) is 0 Å². The minimum Gasteiger partial charge on any atom is -0.483 e. The van der Waals surface area contributed by atoms with Crippen LogP contribution < -0.4 is 15.8 Å². The fraction of sp³-hybridized carbons (Fsp3) is 0.400. The van der Waals surface area contributed by atoms with Crippen LogP contribution in [0.5, 0.6) is 5.75 Å². The number of hydrogen-bond acceptors (Lipinski definition) is 4. The van der Waals surface area contributed by atoms with Gasteiger partial charge in [0, 0.05) is 4.88 Å². The van der Waals surface area contributed by atoms with Gasteiger partial charge in [-0.05, 0) is 36.0 Å². The monoisotopic (exact) mass is 374 g/mol. The first-order chi connectivity index (χ1) is 12.1. The van der Waals surface area contributed by atoms with Crippen LogP contribution in [0.15, 0.2) is 24.3 Å². The molecule has 6 heteroatoms. The molecule has 0 aliphatic rings. The Balaban J connectivity index is 2.13. The highest BCUT2D eigenvalue weighted by Crippen LogP contribution is 2.33. The second kappa shape index (κ2) is 7.91. The number of carbonyl (C=O) groups excluding carboxylic acids is 2. The first kappa shape index (κ1) is 20.0. The van der Waals surface area contributed by atoms with Gasteiger partial charge < -0.3 is 15.8 Å². The number of rotatable bonds is 6. The van der Waals surface area contributed by atoms with Crippen molar-refractivity contribution in [1.29, 1.82) is 0 Å². The number of amides is 2. The molecule has 0 aliphatic heterocycles. The van der Waals surface area contributed by atoms with Crippen LogP contribution in [0.2, 0.25) is 0 Å². The van der Waals surface area contributed by atoms with Crippen molar-refractivity contribution in [3.63, 3.8) is 0 Å². The van der Waals surface area contributed by atoms with Gasteiger partial charge in [0.05, 0.1) is 5.56 Å². The molecule has 2 amide bonds. The molecule has 0 saturated carbocycles. The van der Waals surface area contributed by atoms with Gasteiger partial charge in [0.2, 0.25) is 0 Å². The topological polar surface area (TPSA) is 81.4 Å². The lowest BCUT2D eigenvalue weighted by Crippen LogP contribution is -2.23. The third-order valence-corrected chi connectivity index (χ3v) is 5.18. The summed E-state index contributed by atoms with van der Waals surface area (Å²) in [6, 6.07) is 7.68. The van der Waals surface area contributed by atoms with Crippen molar-refractivity contribution in [2.24, 2.45) is 5.73 Å². The van der Waals surface area contributed by atoms with Crippen molar-refractivity contribution in [3.8, 4) is 5.75 Å². The summed E-state index contributed by atoms with van der Waals surface area (Å²) in [7, 11) is 0. The van der Waals surface area contributed by atoms with Crippen molar-refractivity contribution in [3.05, 3.63) is 45.8 Å². The number of nitrogens with one attached hydrogen (secondary N) is 1. The molecule has 0 fully saturated rings. The first-order valence-corrected chi connectivity index (χ1v) is 9.41. The highest BCUT2D eigenvalue weighted by atomic mass is 32.1. The normalized spacial score (nSPS) is 11.3. The number of anilines is 1. The van der Waals surface area contributed by atoms with Gasteiger partial charge in [0.1, 0.15) is 10.8 Å². The fourth-order valence-electron chi connectivity index (χ4n) is 2.87. The molecule has 1 aromatic heterocycles. The summed E-state index contributed by atoms with van der Waals surface area (Å²) >= 11 is 1.36. The molecule has 0 bridgehead atoms.